The summed E-state index contributed by atoms with van der Waals surface area (Å²) >= 11 is 4.57. The smallest absolute Gasteiger partial charge is 0.363 e. The van der Waals surface area contributed by atoms with E-state index in [1.54, 1.807) is 21.1 Å². The van der Waals surface area contributed by atoms with Gasteiger partial charge in [-0.2, -0.15) is 4.20 Å². The summed E-state index contributed by atoms with van der Waals surface area (Å²) in [5.74, 6) is 1.30. The van der Waals surface area contributed by atoms with Crippen molar-refractivity contribution in [2.45, 2.75) is 37.4 Å². The van der Waals surface area contributed by atoms with Gasteiger partial charge in [-0.1, -0.05) is 54.6 Å². The van der Waals surface area contributed by atoms with Crippen LogP contribution < -0.4 is 20.7 Å². The van der Waals surface area contributed by atoms with Crippen LogP contribution in [0.5, 0.6) is 11.5 Å². The zero-order valence-corrected chi connectivity index (χ0v) is 25.9. The van der Waals surface area contributed by atoms with Crippen LogP contribution in [-0.4, -0.2) is 47.5 Å². The molecular weight excluding hydrogens is 610 g/mol. The van der Waals surface area contributed by atoms with Gasteiger partial charge in [0.25, 0.3) is 5.56 Å². The molecule has 1 unspecified atom stereocenters. The van der Waals surface area contributed by atoms with Crippen molar-refractivity contribution in [2.75, 3.05) is 20.8 Å². The molecule has 0 bridgehead atoms. The van der Waals surface area contributed by atoms with Crippen LogP contribution in [0.25, 0.3) is 0 Å². The Morgan fingerprint density at radius 3 is 2.05 bits per heavy atom. The van der Waals surface area contributed by atoms with E-state index in [2.05, 4.69) is 16.8 Å². The van der Waals surface area contributed by atoms with Gasteiger partial charge in [0.05, 0.1) is 20.8 Å². The van der Waals surface area contributed by atoms with E-state index in [1.165, 1.54) is 10.8 Å². The fourth-order valence-corrected chi connectivity index (χ4v) is 6.27. The third kappa shape index (κ3) is 6.71. The largest absolute Gasteiger partial charge is 0.497 e. The van der Waals surface area contributed by atoms with E-state index < -0.39 is 42.1 Å². The molecule has 0 aliphatic carbocycles. The minimum absolute atomic E-state index is 0.0360. The maximum Gasteiger partial charge on any atom is 0.363 e. The summed E-state index contributed by atoms with van der Waals surface area (Å²) in [4.78, 5) is 36.7. The molecule has 1 aliphatic heterocycles. The summed E-state index contributed by atoms with van der Waals surface area (Å²) in [7, 11) is 3.16. The molecule has 0 amide bonds. The predicted molar refractivity (Wildman–Crippen MR) is 165 cm³/mol. The van der Waals surface area contributed by atoms with Crippen molar-refractivity contribution in [1.82, 2.24) is 9.55 Å². The normalized spacial score (nSPS) is 19.8. The van der Waals surface area contributed by atoms with Crippen LogP contribution in [0, 0.1) is 6.92 Å². The fourth-order valence-electron chi connectivity index (χ4n) is 5.38. The number of nitrogens with zero attached hydrogens (tertiary/aromatic N) is 1. The second kappa shape index (κ2) is 13.2. The quantitative estimate of drug-likeness (QED) is 0.177. The van der Waals surface area contributed by atoms with E-state index in [1.807, 2.05) is 78.9 Å². The van der Waals surface area contributed by atoms with Crippen LogP contribution in [-0.2, 0) is 31.4 Å². The topological polar surface area (TPSA) is 121 Å². The molecule has 2 heterocycles. The molecular formula is C31H32FN2O8PS. The van der Waals surface area contributed by atoms with Crippen molar-refractivity contribution in [3.8, 4) is 11.5 Å². The third-order valence-corrected chi connectivity index (χ3v) is 8.33. The molecule has 1 aliphatic rings. The monoisotopic (exact) mass is 642 g/mol. The van der Waals surface area contributed by atoms with E-state index in [0.717, 1.165) is 16.7 Å². The number of hydrogen-bond acceptors (Lipinski definition) is 8. The first-order valence-electron chi connectivity index (χ1n) is 13.7. The highest BCUT2D eigenvalue weighted by Crippen LogP contribution is 2.49. The van der Waals surface area contributed by atoms with Gasteiger partial charge in [0.2, 0.25) is 0 Å². The fraction of sp³-hybridized carbons (Fsp3) is 0.290. The van der Waals surface area contributed by atoms with E-state index in [4.69, 9.17) is 23.5 Å². The van der Waals surface area contributed by atoms with Crippen molar-refractivity contribution < 1.29 is 32.6 Å². The van der Waals surface area contributed by atoms with Crippen LogP contribution in [0.15, 0.2) is 94.6 Å². The summed E-state index contributed by atoms with van der Waals surface area (Å²) in [6, 6.07) is 24.4. The van der Waals surface area contributed by atoms with E-state index in [9.17, 15) is 18.7 Å². The molecule has 0 spiro atoms. The van der Waals surface area contributed by atoms with Gasteiger partial charge >= 0.3 is 12.5 Å². The third-order valence-electron chi connectivity index (χ3n) is 7.54. The van der Waals surface area contributed by atoms with Gasteiger partial charge in [-0.05, 0) is 59.7 Å². The number of methoxy groups -OCH3 is 2. The molecule has 1 aromatic heterocycles. The first kappa shape index (κ1) is 31.8. The number of aromatic amines is 1. The maximum absolute atomic E-state index is 14.4. The Balaban J connectivity index is 1.59. The van der Waals surface area contributed by atoms with Crippen LogP contribution in [0.4, 0.5) is 4.20 Å². The van der Waals surface area contributed by atoms with Crippen molar-refractivity contribution in [2.24, 2.45) is 0 Å². The number of aromatic nitrogens is 2. The Kier molecular flexibility index (Phi) is 9.50. The predicted octanol–water partition coefficient (Wildman–Crippen LogP) is 4.73. The highest BCUT2D eigenvalue weighted by molar-refractivity contribution is 8.06. The minimum Gasteiger partial charge on any atom is -0.497 e. The summed E-state index contributed by atoms with van der Waals surface area (Å²) in [5, 5.41) is 0. The standard InChI is InChI=1S/C31H32FN2O8PS/c1-20-18-34(30(36)33-29(20)35)28-17-26(42-43(32,37)44)27(41-28)19-40-31(21-7-5-4-6-8-21,22-9-13-24(38-2)14-10-22)23-11-15-25(39-3)16-12-23/h4-16,18,26-28H,17,19H2,1-3H3,(H,37,44)(H,33,35,36)/t26-,27+,28+,43?/m0/s1. The number of halogens is 1. The van der Waals surface area contributed by atoms with Crippen molar-refractivity contribution in [3.05, 3.63) is 128 Å². The molecule has 5 rings (SSSR count). The summed E-state index contributed by atoms with van der Waals surface area (Å²) in [6.45, 7) is -3.25. The molecule has 0 saturated carbocycles. The zero-order valence-electron chi connectivity index (χ0n) is 24.2. The molecule has 232 valence electrons. The number of nitrogens with one attached hydrogen (secondary N) is 1. The van der Waals surface area contributed by atoms with E-state index in [-0.39, 0.29) is 18.6 Å². The van der Waals surface area contributed by atoms with Crippen LogP contribution >= 0.6 is 6.80 Å². The van der Waals surface area contributed by atoms with Crippen molar-refractivity contribution >= 4 is 18.6 Å². The van der Waals surface area contributed by atoms with Gasteiger partial charge in [-0.25, -0.2) is 4.79 Å². The second-order valence-electron chi connectivity index (χ2n) is 10.3. The Morgan fingerprint density at radius 1 is 0.977 bits per heavy atom. The second-order valence-corrected chi connectivity index (χ2v) is 12.7. The zero-order chi connectivity index (χ0) is 31.5. The molecule has 10 nitrogen and oxygen atoms in total. The minimum atomic E-state index is -4.63. The summed E-state index contributed by atoms with van der Waals surface area (Å²) in [6.07, 6.45) is -1.67. The highest BCUT2D eigenvalue weighted by Gasteiger charge is 2.44. The molecule has 0 radical (unpaired) electrons. The van der Waals surface area contributed by atoms with Gasteiger partial charge in [0.1, 0.15) is 35.5 Å². The molecule has 3 aromatic carbocycles. The van der Waals surface area contributed by atoms with Gasteiger partial charge in [-0.3, -0.25) is 18.9 Å². The lowest BCUT2D eigenvalue weighted by molar-refractivity contribution is -0.0920. The molecule has 2 N–H and O–H groups in total. The number of hydrogen-bond donors (Lipinski definition) is 2. The number of rotatable bonds is 11. The Hall–Kier alpha value is -3.64. The van der Waals surface area contributed by atoms with Crippen molar-refractivity contribution in [1.29, 1.82) is 0 Å². The van der Waals surface area contributed by atoms with Gasteiger partial charge in [-0.15, -0.1) is 0 Å². The first-order chi connectivity index (χ1) is 21.0. The SMILES string of the molecule is COc1ccc(C(OC[C@H]2O[C@@H](n3cc(C)c(=O)[nH]c3=O)C[C@@H]2OP(O)(F)=S)(c2ccccc2)c2ccc(OC)cc2)cc1. The average molecular weight is 643 g/mol. The van der Waals surface area contributed by atoms with E-state index >= 15 is 0 Å². The molecule has 13 heteroatoms. The molecule has 1 fully saturated rings. The molecule has 4 aromatic rings. The summed E-state index contributed by atoms with van der Waals surface area (Å²) < 4.78 is 44.7. The Bertz CT molecular complexity index is 1690. The first-order valence-corrected chi connectivity index (χ1v) is 16.3. The van der Waals surface area contributed by atoms with Crippen LogP contribution in [0.2, 0.25) is 0 Å². The maximum atomic E-state index is 14.4. The Labute approximate surface area is 258 Å². The number of aryl methyl sites for hydroxylation is 1. The average Bonchev–Trinajstić information content (AvgIpc) is 3.41. The highest BCUT2D eigenvalue weighted by atomic mass is 32.5. The molecule has 44 heavy (non-hydrogen) atoms. The van der Waals surface area contributed by atoms with Crippen molar-refractivity contribution in [3.63, 3.8) is 0 Å². The van der Waals surface area contributed by atoms with Gasteiger partial charge < -0.3 is 23.8 Å². The van der Waals surface area contributed by atoms with E-state index in [0.29, 0.717) is 11.5 Å². The number of benzene rings is 3. The number of ether oxygens (including phenoxy) is 4. The summed E-state index contributed by atoms with van der Waals surface area (Å²) in [5.41, 5.74) is 0.131. The molecule has 4 atom stereocenters. The molecule has 1 saturated heterocycles. The Morgan fingerprint density at radius 2 is 1.52 bits per heavy atom. The van der Waals surface area contributed by atoms with Gasteiger partial charge in [0.15, 0.2) is 0 Å². The van der Waals surface area contributed by atoms with Crippen LogP contribution in [0.1, 0.15) is 34.9 Å². The number of H-pyrrole nitrogens is 1. The lowest BCUT2D eigenvalue weighted by Crippen LogP contribution is -2.38. The van der Waals surface area contributed by atoms with Gasteiger partial charge in [0, 0.05) is 18.2 Å². The lowest BCUT2D eigenvalue weighted by atomic mass is 9.80. The lowest BCUT2D eigenvalue weighted by Gasteiger charge is -2.37. The van der Waals surface area contributed by atoms with Crippen LogP contribution in [0.3, 0.4) is 0 Å².